The van der Waals surface area contributed by atoms with Crippen LogP contribution >= 0.6 is 0 Å². The minimum absolute atomic E-state index is 0.578. The summed E-state index contributed by atoms with van der Waals surface area (Å²) < 4.78 is 80.5. The number of alkyl halides is 6. The Bertz CT molecular complexity index is 651. The number of benzene rings is 1. The number of ether oxygens (including phenoxy) is 2. The van der Waals surface area contributed by atoms with E-state index in [1.165, 1.54) is 0 Å². The van der Waals surface area contributed by atoms with Crippen molar-refractivity contribution in [3.05, 3.63) is 23.8 Å². The molecule has 0 heterocycles. The van der Waals surface area contributed by atoms with E-state index in [0.29, 0.717) is 6.07 Å². The van der Waals surface area contributed by atoms with Gasteiger partial charge in [0, 0.05) is 0 Å². The molecule has 0 atom stereocenters. The predicted octanol–water partition coefficient (Wildman–Crippen LogP) is 1.72. The van der Waals surface area contributed by atoms with Crippen LogP contribution in [0, 0.1) is 0 Å². The summed E-state index contributed by atoms with van der Waals surface area (Å²) in [5.41, 5.74) is 3.92. The summed E-state index contributed by atoms with van der Waals surface area (Å²) in [6, 6.07) is 2.19. The van der Waals surface area contributed by atoms with Gasteiger partial charge in [-0.05, 0) is 12.1 Å². The maximum Gasteiger partial charge on any atom is 0.491 e. The van der Waals surface area contributed by atoms with Crippen LogP contribution in [-0.2, 0) is 9.59 Å². The zero-order valence-electron chi connectivity index (χ0n) is 10.6. The van der Waals surface area contributed by atoms with Crippen molar-refractivity contribution in [1.29, 1.82) is 0 Å². The van der Waals surface area contributed by atoms with Crippen LogP contribution in [0.2, 0.25) is 0 Å². The summed E-state index contributed by atoms with van der Waals surface area (Å²) in [6.45, 7) is 0. The van der Waals surface area contributed by atoms with E-state index >= 15 is 0 Å². The first-order valence-electron chi connectivity index (χ1n) is 5.35. The molecule has 12 heteroatoms. The molecule has 2 N–H and O–H groups in total. The Morgan fingerprint density at radius 1 is 0.870 bits per heavy atom. The molecule has 1 amide bonds. The highest BCUT2D eigenvalue weighted by Crippen LogP contribution is 2.34. The van der Waals surface area contributed by atoms with Crippen LogP contribution in [0.5, 0.6) is 11.5 Å². The number of halogens is 6. The van der Waals surface area contributed by atoms with Crippen molar-refractivity contribution >= 4 is 17.8 Å². The molecule has 0 spiro atoms. The number of para-hydroxylation sites is 1. The van der Waals surface area contributed by atoms with Crippen LogP contribution in [0.4, 0.5) is 26.3 Å². The predicted molar refractivity (Wildman–Crippen MR) is 58.3 cm³/mol. The Kier molecular flexibility index (Phi) is 4.87. The number of amides is 1. The van der Waals surface area contributed by atoms with E-state index in [9.17, 15) is 40.7 Å². The molecule has 1 rings (SSSR count). The van der Waals surface area contributed by atoms with Crippen LogP contribution in [-0.4, -0.2) is 30.2 Å². The van der Waals surface area contributed by atoms with Crippen molar-refractivity contribution < 1.29 is 50.2 Å². The molecule has 6 nitrogen and oxygen atoms in total. The summed E-state index contributed by atoms with van der Waals surface area (Å²) in [5.74, 6) is -9.68. The number of primary amides is 1. The summed E-state index contributed by atoms with van der Waals surface area (Å²) in [7, 11) is 0. The number of nitrogens with two attached hydrogens (primary N) is 1. The molecule has 0 aromatic heterocycles. The van der Waals surface area contributed by atoms with Crippen molar-refractivity contribution in [1.82, 2.24) is 0 Å². The lowest BCUT2D eigenvalue weighted by molar-refractivity contribution is -0.191. The number of carbonyl (C=O) groups excluding carboxylic acids is 3. The van der Waals surface area contributed by atoms with E-state index in [-0.39, 0.29) is 0 Å². The molecule has 0 aliphatic carbocycles. The smallest absolute Gasteiger partial charge is 0.416 e. The van der Waals surface area contributed by atoms with Crippen molar-refractivity contribution in [2.24, 2.45) is 5.73 Å². The van der Waals surface area contributed by atoms with Gasteiger partial charge >= 0.3 is 24.3 Å². The Labute approximate surface area is 122 Å². The molecule has 0 bridgehead atoms. The third-order valence-electron chi connectivity index (χ3n) is 2.10. The minimum Gasteiger partial charge on any atom is -0.416 e. The number of rotatable bonds is 3. The fourth-order valence-corrected chi connectivity index (χ4v) is 1.20. The molecule has 0 aliphatic heterocycles. The van der Waals surface area contributed by atoms with Crippen LogP contribution in [0.1, 0.15) is 10.4 Å². The lowest BCUT2D eigenvalue weighted by Gasteiger charge is -2.14. The molecule has 1 aromatic carbocycles. The number of hydrogen-bond donors (Lipinski definition) is 1. The third-order valence-corrected chi connectivity index (χ3v) is 2.10. The molecule has 23 heavy (non-hydrogen) atoms. The first-order chi connectivity index (χ1) is 10.3. The Hall–Kier alpha value is -2.79. The lowest BCUT2D eigenvalue weighted by Crippen LogP contribution is -2.31. The summed E-state index contributed by atoms with van der Waals surface area (Å²) >= 11 is 0. The molecule has 0 saturated carbocycles. The van der Waals surface area contributed by atoms with Gasteiger partial charge in [0.2, 0.25) is 0 Å². The van der Waals surface area contributed by atoms with Crippen molar-refractivity contribution in [2.75, 3.05) is 0 Å². The van der Waals surface area contributed by atoms with Gasteiger partial charge in [-0.25, -0.2) is 9.59 Å². The zero-order valence-corrected chi connectivity index (χ0v) is 10.6. The van der Waals surface area contributed by atoms with Gasteiger partial charge in [-0.1, -0.05) is 6.07 Å². The fraction of sp³-hybridized carbons (Fsp3) is 0.182. The van der Waals surface area contributed by atoms with Gasteiger partial charge in [-0.3, -0.25) is 4.79 Å². The minimum atomic E-state index is -5.52. The second-order valence-electron chi connectivity index (χ2n) is 3.77. The zero-order chi connectivity index (χ0) is 18.0. The first kappa shape index (κ1) is 18.3. The van der Waals surface area contributed by atoms with E-state index in [1.54, 1.807) is 0 Å². The number of carbonyl (C=O) groups is 3. The summed E-state index contributed by atoms with van der Waals surface area (Å²) in [5, 5.41) is 0. The van der Waals surface area contributed by atoms with E-state index in [4.69, 9.17) is 5.73 Å². The highest BCUT2D eigenvalue weighted by atomic mass is 19.4. The van der Waals surface area contributed by atoms with Crippen LogP contribution < -0.4 is 15.2 Å². The monoisotopic (exact) mass is 345 g/mol. The van der Waals surface area contributed by atoms with Crippen molar-refractivity contribution in [3.8, 4) is 11.5 Å². The topological polar surface area (TPSA) is 95.7 Å². The largest absolute Gasteiger partial charge is 0.491 e. The van der Waals surface area contributed by atoms with E-state index in [0.717, 1.165) is 12.1 Å². The summed E-state index contributed by atoms with van der Waals surface area (Å²) in [4.78, 5) is 32.6. The molecule has 0 radical (unpaired) electrons. The fourth-order valence-electron chi connectivity index (χ4n) is 1.20. The molecule has 0 unspecified atom stereocenters. The molecule has 0 fully saturated rings. The first-order valence-corrected chi connectivity index (χ1v) is 5.35. The maximum atomic E-state index is 12.2. The molecule has 0 aliphatic rings. The highest BCUT2D eigenvalue weighted by molar-refractivity contribution is 5.98. The second-order valence-corrected chi connectivity index (χ2v) is 3.77. The average Bonchev–Trinajstić information content (AvgIpc) is 2.37. The molecular weight excluding hydrogens is 340 g/mol. The maximum absolute atomic E-state index is 12.2. The van der Waals surface area contributed by atoms with Gasteiger partial charge in [-0.15, -0.1) is 0 Å². The molecule has 0 saturated heterocycles. The Morgan fingerprint density at radius 2 is 1.35 bits per heavy atom. The van der Waals surface area contributed by atoms with Crippen LogP contribution in [0.3, 0.4) is 0 Å². The molecule has 1 aromatic rings. The summed E-state index contributed by atoms with van der Waals surface area (Å²) in [6.07, 6.45) is -11.0. The van der Waals surface area contributed by atoms with Gasteiger partial charge < -0.3 is 15.2 Å². The Balaban J connectivity index is 3.31. The second kappa shape index (κ2) is 6.14. The number of hydrogen-bond acceptors (Lipinski definition) is 5. The SMILES string of the molecule is NC(=O)c1cccc(OC(=O)C(F)(F)F)c1OC(=O)C(F)(F)F. The van der Waals surface area contributed by atoms with E-state index < -0.39 is 47.3 Å². The van der Waals surface area contributed by atoms with Crippen molar-refractivity contribution in [3.63, 3.8) is 0 Å². The van der Waals surface area contributed by atoms with Gasteiger partial charge in [-0.2, -0.15) is 26.3 Å². The van der Waals surface area contributed by atoms with E-state index in [1.807, 2.05) is 0 Å². The van der Waals surface area contributed by atoms with Gasteiger partial charge in [0.25, 0.3) is 5.91 Å². The van der Waals surface area contributed by atoms with E-state index in [2.05, 4.69) is 9.47 Å². The van der Waals surface area contributed by atoms with Gasteiger partial charge in [0.1, 0.15) is 0 Å². The normalized spacial score (nSPS) is 11.7. The van der Waals surface area contributed by atoms with Gasteiger partial charge in [0.05, 0.1) is 5.56 Å². The molecular formula is C11H5F6NO5. The lowest BCUT2D eigenvalue weighted by atomic mass is 10.1. The average molecular weight is 345 g/mol. The third kappa shape index (κ3) is 4.59. The van der Waals surface area contributed by atoms with Crippen LogP contribution in [0.25, 0.3) is 0 Å². The van der Waals surface area contributed by atoms with Crippen molar-refractivity contribution in [2.45, 2.75) is 12.4 Å². The molecule has 126 valence electrons. The number of esters is 2. The van der Waals surface area contributed by atoms with Crippen LogP contribution in [0.15, 0.2) is 18.2 Å². The Morgan fingerprint density at radius 3 is 1.78 bits per heavy atom. The highest BCUT2D eigenvalue weighted by Gasteiger charge is 2.44. The van der Waals surface area contributed by atoms with Gasteiger partial charge in [0.15, 0.2) is 11.5 Å². The standard InChI is InChI=1S/C11H5F6NO5/c12-10(13,14)8(20)22-5-3-1-2-4(7(18)19)6(5)23-9(21)11(15,16)17/h1-3H,(H2,18,19). The quantitative estimate of drug-likeness (QED) is 0.511.